The van der Waals surface area contributed by atoms with Crippen LogP contribution in [0.1, 0.15) is 18.9 Å². The van der Waals surface area contributed by atoms with Crippen molar-refractivity contribution >= 4 is 42.6 Å². The summed E-state index contributed by atoms with van der Waals surface area (Å²) in [6.07, 6.45) is -0.0780. The van der Waals surface area contributed by atoms with Crippen LogP contribution in [0.5, 0.6) is 0 Å². The number of fused-ring (bicyclic) bond motifs is 2. The third-order valence-corrected chi connectivity index (χ3v) is 8.59. The molecule has 0 aliphatic carbocycles. The highest BCUT2D eigenvalue weighted by Crippen LogP contribution is 2.59. The summed E-state index contributed by atoms with van der Waals surface area (Å²) in [5.41, 5.74) is 0.199. The number of anilines is 1. The molecule has 1 N–H and O–H groups in total. The van der Waals surface area contributed by atoms with Crippen molar-refractivity contribution in [1.82, 2.24) is 0 Å². The number of benzene rings is 1. The van der Waals surface area contributed by atoms with Gasteiger partial charge in [-0.3, -0.25) is 4.79 Å². The molecule has 2 heterocycles. The normalized spacial score (nSPS) is 32.7. The van der Waals surface area contributed by atoms with Gasteiger partial charge in [-0.2, -0.15) is 0 Å². The maximum Gasteiger partial charge on any atom is 0.264 e. The summed E-state index contributed by atoms with van der Waals surface area (Å²) in [7, 11) is -1.33. The van der Waals surface area contributed by atoms with E-state index in [4.69, 9.17) is 4.74 Å². The molecule has 1 aromatic rings. The van der Waals surface area contributed by atoms with Crippen LogP contribution >= 0.6 is 22.6 Å². The molecule has 0 bridgehead atoms. The molecule has 0 saturated carbocycles. The fourth-order valence-electron chi connectivity index (χ4n) is 4.52. The minimum Gasteiger partial charge on any atom is -0.396 e. The quantitative estimate of drug-likeness (QED) is 0.425. The lowest BCUT2D eigenvalue weighted by Gasteiger charge is -2.31. The molecule has 2 aliphatic rings. The summed E-state index contributed by atoms with van der Waals surface area (Å²) >= 11 is 2.22. The fraction of sp³-hybridized carbons (Fsp3) is 0.588. The van der Waals surface area contributed by atoms with Crippen molar-refractivity contribution in [2.45, 2.75) is 43.7 Å². The van der Waals surface area contributed by atoms with Crippen LogP contribution in [0.4, 0.5) is 9.80 Å². The van der Waals surface area contributed by atoms with Gasteiger partial charge in [-0.1, -0.05) is 6.92 Å². The van der Waals surface area contributed by atoms with Crippen molar-refractivity contribution in [1.29, 1.82) is 0 Å². The van der Waals surface area contributed by atoms with Crippen molar-refractivity contribution in [2.24, 2.45) is 5.92 Å². The van der Waals surface area contributed by atoms with Crippen LogP contribution in [0.15, 0.2) is 18.2 Å². The number of amides is 1. The van der Waals surface area contributed by atoms with E-state index in [9.17, 15) is 9.90 Å². The molecular formula is C17H23FINO3Si. The summed E-state index contributed by atoms with van der Waals surface area (Å²) < 4.78 is 22.4. The van der Waals surface area contributed by atoms with Crippen LogP contribution in [-0.4, -0.2) is 39.2 Å². The number of aliphatic hydroxyl groups is 1. The highest BCUT2D eigenvalue weighted by atomic mass is 127. The number of carbonyl (C=O) groups excluding carboxylic acids is 1. The third-order valence-electron chi connectivity index (χ3n) is 5.47. The first-order valence-corrected chi connectivity index (χ1v) is 12.2. The van der Waals surface area contributed by atoms with Crippen LogP contribution in [0.25, 0.3) is 0 Å². The van der Waals surface area contributed by atoms with E-state index in [1.165, 1.54) is 0 Å². The molecule has 2 aliphatic heterocycles. The van der Waals surface area contributed by atoms with Crippen LogP contribution in [0.3, 0.4) is 0 Å². The molecule has 4 atom stereocenters. The maximum atomic E-state index is 15.1. The van der Waals surface area contributed by atoms with E-state index < -0.39 is 20.1 Å². The number of hydrogen-bond donors (Lipinski definition) is 1. The summed E-state index contributed by atoms with van der Waals surface area (Å²) in [5, 5.41) is 9.40. The number of hydrogen-bond acceptors (Lipinski definition) is 3. The Labute approximate surface area is 156 Å². The molecule has 1 saturated heterocycles. The van der Waals surface area contributed by atoms with Crippen molar-refractivity contribution in [3.8, 4) is 0 Å². The van der Waals surface area contributed by atoms with Gasteiger partial charge in [-0.15, -0.1) is 0 Å². The highest BCUT2D eigenvalue weighted by Gasteiger charge is 2.66. The Balaban J connectivity index is 2.17. The molecule has 1 aromatic carbocycles. The van der Waals surface area contributed by atoms with Crippen LogP contribution in [0.2, 0.25) is 18.6 Å². The van der Waals surface area contributed by atoms with Crippen molar-refractivity contribution in [2.75, 3.05) is 18.6 Å². The fourth-order valence-corrected chi connectivity index (χ4v) is 7.56. The molecule has 1 amide bonds. The molecule has 0 radical (unpaired) electrons. The standard InChI is InChI=1S/C17H23FINO3Si/c1-10-15(24(3,4)18)14(7-8-21)23-17(10)12-9-11(19)5-6-13(12)20(2)16(17)22/h5-6,9-10,14-15,21H,7-8H2,1-4H3/t10-,14+,15-,17+/m0/s1. The molecule has 0 unspecified atom stereocenters. The second-order valence-electron chi connectivity index (χ2n) is 7.31. The Kier molecular flexibility index (Phi) is 4.60. The second kappa shape index (κ2) is 6.03. The van der Waals surface area contributed by atoms with Crippen LogP contribution in [0, 0.1) is 9.49 Å². The molecule has 24 heavy (non-hydrogen) atoms. The zero-order chi connectivity index (χ0) is 17.9. The monoisotopic (exact) mass is 463 g/mol. The van der Waals surface area contributed by atoms with E-state index in [1.54, 1.807) is 25.0 Å². The first kappa shape index (κ1) is 18.3. The lowest BCUT2D eigenvalue weighted by molar-refractivity contribution is -0.146. The number of likely N-dealkylation sites (N-methyl/N-ethyl adjacent to an activating group) is 1. The van der Waals surface area contributed by atoms with E-state index in [0.717, 1.165) is 14.8 Å². The molecule has 3 rings (SSSR count). The van der Waals surface area contributed by atoms with Crippen LogP contribution < -0.4 is 4.90 Å². The molecule has 1 spiro atoms. The van der Waals surface area contributed by atoms with Crippen molar-refractivity contribution in [3.05, 3.63) is 27.3 Å². The summed E-state index contributed by atoms with van der Waals surface area (Å²) in [5.74, 6) is -0.397. The van der Waals surface area contributed by atoms with Crippen molar-refractivity contribution in [3.63, 3.8) is 0 Å². The Morgan fingerprint density at radius 2 is 2.12 bits per heavy atom. The number of aliphatic hydroxyl groups excluding tert-OH is 1. The average molecular weight is 463 g/mol. The zero-order valence-electron chi connectivity index (χ0n) is 14.3. The molecule has 0 aromatic heterocycles. The van der Waals surface area contributed by atoms with Gasteiger partial charge in [0.1, 0.15) is 0 Å². The van der Waals surface area contributed by atoms with Gasteiger partial charge in [0.05, 0.1) is 11.8 Å². The summed E-state index contributed by atoms with van der Waals surface area (Å²) in [6.45, 7) is 5.19. The largest absolute Gasteiger partial charge is 0.396 e. The minimum atomic E-state index is -3.08. The summed E-state index contributed by atoms with van der Waals surface area (Å²) in [4.78, 5) is 14.8. The number of nitrogens with zero attached hydrogens (tertiary/aromatic N) is 1. The predicted molar refractivity (Wildman–Crippen MR) is 102 cm³/mol. The third kappa shape index (κ3) is 2.46. The molecule has 1 fully saturated rings. The molecule has 7 heteroatoms. The van der Waals surface area contributed by atoms with Gasteiger partial charge >= 0.3 is 0 Å². The maximum absolute atomic E-state index is 15.1. The Morgan fingerprint density at radius 1 is 1.46 bits per heavy atom. The van der Waals surface area contributed by atoms with E-state index in [2.05, 4.69) is 22.6 Å². The van der Waals surface area contributed by atoms with Crippen molar-refractivity contribution < 1.29 is 18.7 Å². The van der Waals surface area contributed by atoms with Gasteiger partial charge < -0.3 is 18.9 Å². The van der Waals surface area contributed by atoms with Gasteiger partial charge in [0.15, 0.2) is 5.60 Å². The smallest absolute Gasteiger partial charge is 0.264 e. The molecule has 4 nitrogen and oxygen atoms in total. The topological polar surface area (TPSA) is 49.8 Å². The second-order valence-corrected chi connectivity index (χ2v) is 12.3. The highest BCUT2D eigenvalue weighted by molar-refractivity contribution is 14.1. The number of carbonyl (C=O) groups is 1. The van der Waals surface area contributed by atoms with E-state index in [0.29, 0.717) is 6.42 Å². The predicted octanol–water partition coefficient (Wildman–Crippen LogP) is 3.43. The Bertz CT molecular complexity index is 680. The Hall–Kier alpha value is -0.513. The van der Waals surface area contributed by atoms with Crippen LogP contribution in [-0.2, 0) is 15.1 Å². The summed E-state index contributed by atoms with van der Waals surface area (Å²) in [6, 6.07) is 5.85. The van der Waals surface area contributed by atoms with Gasteiger partial charge in [-0.05, 0) is 60.3 Å². The number of ether oxygens (including phenoxy) is 1. The number of rotatable bonds is 3. The van der Waals surface area contributed by atoms with Gasteiger partial charge in [0, 0.05) is 34.2 Å². The first-order valence-electron chi connectivity index (χ1n) is 8.20. The van der Waals surface area contributed by atoms with E-state index in [-0.39, 0.29) is 24.0 Å². The van der Waals surface area contributed by atoms with Gasteiger partial charge in [0.2, 0.25) is 8.41 Å². The first-order chi connectivity index (χ1) is 11.1. The van der Waals surface area contributed by atoms with E-state index >= 15 is 4.11 Å². The SMILES string of the molecule is C[C@H]1[C@H]([Si](C)(C)F)[C@@H](CCO)O[C@]12C(=O)N(C)c1ccc(I)cc12. The van der Waals surface area contributed by atoms with Gasteiger partial charge in [-0.25, -0.2) is 0 Å². The van der Waals surface area contributed by atoms with E-state index in [1.807, 2.05) is 25.1 Å². The minimum absolute atomic E-state index is 0.0718. The lowest BCUT2D eigenvalue weighted by atomic mass is 9.82. The molecule has 132 valence electrons. The molecular weight excluding hydrogens is 440 g/mol. The number of halogens is 2. The zero-order valence-corrected chi connectivity index (χ0v) is 17.5. The Morgan fingerprint density at radius 3 is 2.71 bits per heavy atom. The average Bonchev–Trinajstić information content (AvgIpc) is 2.88. The lowest BCUT2D eigenvalue weighted by Crippen LogP contribution is -2.44. The van der Waals surface area contributed by atoms with Gasteiger partial charge in [0.25, 0.3) is 5.91 Å².